The van der Waals surface area contributed by atoms with Crippen molar-refractivity contribution in [2.24, 2.45) is 5.73 Å². The number of carbonyl (C=O) groups excluding carboxylic acids is 1. The first-order valence-electron chi connectivity index (χ1n) is 5.62. The predicted octanol–water partition coefficient (Wildman–Crippen LogP) is 0.789. The molecule has 1 unspecified atom stereocenters. The second-order valence-electron chi connectivity index (χ2n) is 3.92. The molecule has 2 aromatic heterocycles. The van der Waals surface area contributed by atoms with Crippen LogP contribution in [0.25, 0.3) is 0 Å². The van der Waals surface area contributed by atoms with Crippen LogP contribution in [0.5, 0.6) is 0 Å². The van der Waals surface area contributed by atoms with Crippen LogP contribution in [0.15, 0.2) is 24.1 Å². The fourth-order valence-electron chi connectivity index (χ4n) is 1.41. The maximum Gasteiger partial charge on any atom is 0.270 e. The number of nitrogens with zero attached hydrogens (tertiary/aromatic N) is 3. The highest BCUT2D eigenvalue weighted by atomic mass is 32.1. The Hall–Kier alpha value is -1.73. The molecule has 18 heavy (non-hydrogen) atoms. The summed E-state index contributed by atoms with van der Waals surface area (Å²) in [6.45, 7) is 3.08. The Morgan fingerprint density at radius 3 is 3.11 bits per heavy atom. The first-order valence-corrected chi connectivity index (χ1v) is 6.49. The zero-order chi connectivity index (χ0) is 13.0. The van der Waals surface area contributed by atoms with Crippen LogP contribution in [0.4, 0.5) is 0 Å². The van der Waals surface area contributed by atoms with Crippen molar-refractivity contribution in [3.8, 4) is 0 Å². The van der Waals surface area contributed by atoms with Gasteiger partial charge in [0.15, 0.2) is 0 Å². The summed E-state index contributed by atoms with van der Waals surface area (Å²) in [6.07, 6.45) is 5.27. The molecule has 7 heteroatoms. The minimum absolute atomic E-state index is 0.137. The number of carbonyl (C=O) groups is 1. The molecule has 0 aliphatic carbocycles. The molecule has 0 aliphatic rings. The number of amides is 1. The third-order valence-electron chi connectivity index (χ3n) is 2.36. The zero-order valence-electron chi connectivity index (χ0n) is 10.0. The van der Waals surface area contributed by atoms with Crippen molar-refractivity contribution in [3.05, 3.63) is 34.8 Å². The van der Waals surface area contributed by atoms with Crippen LogP contribution in [0.1, 0.15) is 28.5 Å². The Balaban J connectivity index is 1.83. The molecular formula is C11H15N5OS. The smallest absolute Gasteiger partial charge is 0.270 e. The highest BCUT2D eigenvalue weighted by Crippen LogP contribution is 2.15. The first-order chi connectivity index (χ1) is 8.66. The van der Waals surface area contributed by atoms with Crippen molar-refractivity contribution in [3.63, 3.8) is 0 Å². The van der Waals surface area contributed by atoms with E-state index in [0.717, 1.165) is 5.01 Å². The molecule has 0 saturated heterocycles. The van der Waals surface area contributed by atoms with Gasteiger partial charge in [0.1, 0.15) is 10.7 Å². The molecule has 3 N–H and O–H groups in total. The lowest BCUT2D eigenvalue weighted by molar-refractivity contribution is 0.0948. The molecule has 0 spiro atoms. The number of aromatic nitrogens is 3. The number of nitrogens with one attached hydrogen (secondary N) is 1. The van der Waals surface area contributed by atoms with Crippen molar-refractivity contribution >= 4 is 17.2 Å². The van der Waals surface area contributed by atoms with Crippen LogP contribution in [-0.2, 0) is 6.54 Å². The molecule has 2 heterocycles. The molecule has 0 aromatic carbocycles. The summed E-state index contributed by atoms with van der Waals surface area (Å²) in [5.41, 5.74) is 6.13. The van der Waals surface area contributed by atoms with E-state index in [1.165, 1.54) is 11.3 Å². The fraction of sp³-hybridized carbons (Fsp3) is 0.364. The van der Waals surface area contributed by atoms with Crippen LogP contribution in [0, 0.1) is 0 Å². The van der Waals surface area contributed by atoms with Gasteiger partial charge in [0.05, 0.1) is 12.4 Å². The van der Waals surface area contributed by atoms with Gasteiger partial charge in [0.2, 0.25) is 0 Å². The quantitative estimate of drug-likeness (QED) is 0.837. The van der Waals surface area contributed by atoms with E-state index in [0.29, 0.717) is 18.8 Å². The van der Waals surface area contributed by atoms with Gasteiger partial charge in [-0.2, -0.15) is 0 Å². The third kappa shape index (κ3) is 3.14. The van der Waals surface area contributed by atoms with E-state index in [9.17, 15) is 4.79 Å². The Bertz CT molecular complexity index is 505. The van der Waals surface area contributed by atoms with Crippen molar-refractivity contribution in [1.29, 1.82) is 0 Å². The second kappa shape index (κ2) is 5.74. The standard InChI is InChI=1S/C11H15N5OS/c1-8(12)11-15-9(6-18-11)10(17)14-3-5-16-4-2-13-7-16/h2,4,6-8H,3,5,12H2,1H3,(H,14,17). The summed E-state index contributed by atoms with van der Waals surface area (Å²) in [5.74, 6) is -0.168. The predicted molar refractivity (Wildman–Crippen MR) is 69.3 cm³/mol. The monoisotopic (exact) mass is 265 g/mol. The van der Waals surface area contributed by atoms with Gasteiger partial charge in [0, 0.05) is 30.9 Å². The van der Waals surface area contributed by atoms with Crippen molar-refractivity contribution in [2.45, 2.75) is 19.5 Å². The van der Waals surface area contributed by atoms with Crippen LogP contribution >= 0.6 is 11.3 Å². The topological polar surface area (TPSA) is 85.8 Å². The van der Waals surface area contributed by atoms with Gasteiger partial charge in [-0.25, -0.2) is 9.97 Å². The number of hydrogen-bond acceptors (Lipinski definition) is 5. The van der Waals surface area contributed by atoms with Crippen LogP contribution in [0.2, 0.25) is 0 Å². The van der Waals surface area contributed by atoms with E-state index in [-0.39, 0.29) is 11.9 Å². The molecule has 0 aliphatic heterocycles. The lowest BCUT2D eigenvalue weighted by Gasteiger charge is -2.03. The summed E-state index contributed by atoms with van der Waals surface area (Å²) in [6, 6.07) is -0.137. The van der Waals surface area contributed by atoms with E-state index >= 15 is 0 Å². The molecule has 0 saturated carbocycles. The van der Waals surface area contributed by atoms with E-state index < -0.39 is 0 Å². The van der Waals surface area contributed by atoms with Crippen molar-refractivity contribution in [1.82, 2.24) is 19.9 Å². The SMILES string of the molecule is CC(N)c1nc(C(=O)NCCn2ccnc2)cs1. The van der Waals surface area contributed by atoms with E-state index in [4.69, 9.17) is 5.73 Å². The average molecular weight is 265 g/mol. The normalized spacial score (nSPS) is 12.3. The third-order valence-corrected chi connectivity index (χ3v) is 3.40. The van der Waals surface area contributed by atoms with Crippen molar-refractivity contribution in [2.75, 3.05) is 6.54 Å². The zero-order valence-corrected chi connectivity index (χ0v) is 10.9. The average Bonchev–Trinajstić information content (AvgIpc) is 2.99. The van der Waals surface area contributed by atoms with E-state index in [2.05, 4.69) is 15.3 Å². The minimum Gasteiger partial charge on any atom is -0.349 e. The lowest BCUT2D eigenvalue weighted by Crippen LogP contribution is -2.27. The van der Waals surface area contributed by atoms with Gasteiger partial charge >= 0.3 is 0 Å². The number of rotatable bonds is 5. The summed E-state index contributed by atoms with van der Waals surface area (Å²) in [4.78, 5) is 19.9. The number of hydrogen-bond donors (Lipinski definition) is 2. The molecule has 1 amide bonds. The summed E-state index contributed by atoms with van der Waals surface area (Å²) in [5, 5.41) is 5.31. The van der Waals surface area contributed by atoms with Crippen molar-refractivity contribution < 1.29 is 4.79 Å². The molecule has 1 atom stereocenters. The number of nitrogens with two attached hydrogens (primary N) is 1. The maximum atomic E-state index is 11.8. The second-order valence-corrected chi connectivity index (χ2v) is 4.81. The molecular weight excluding hydrogens is 250 g/mol. The number of imidazole rings is 1. The van der Waals surface area contributed by atoms with Gasteiger partial charge in [-0.1, -0.05) is 0 Å². The van der Waals surface area contributed by atoms with Gasteiger partial charge in [-0.3, -0.25) is 4.79 Å². The number of thiazole rings is 1. The Morgan fingerprint density at radius 2 is 2.50 bits per heavy atom. The molecule has 96 valence electrons. The molecule has 0 radical (unpaired) electrons. The van der Waals surface area contributed by atoms with Crippen LogP contribution in [0.3, 0.4) is 0 Å². The Morgan fingerprint density at radius 1 is 1.67 bits per heavy atom. The largest absolute Gasteiger partial charge is 0.349 e. The highest BCUT2D eigenvalue weighted by Gasteiger charge is 2.11. The first kappa shape index (κ1) is 12.7. The van der Waals surface area contributed by atoms with Crippen LogP contribution < -0.4 is 11.1 Å². The maximum absolute atomic E-state index is 11.8. The summed E-state index contributed by atoms with van der Waals surface area (Å²) >= 11 is 1.41. The van der Waals surface area contributed by atoms with Gasteiger partial charge in [0.25, 0.3) is 5.91 Å². The fourth-order valence-corrected chi connectivity index (χ4v) is 2.17. The minimum atomic E-state index is -0.168. The molecule has 2 aromatic rings. The summed E-state index contributed by atoms with van der Waals surface area (Å²) < 4.78 is 1.90. The Labute approximate surface area is 109 Å². The molecule has 0 fully saturated rings. The molecule has 6 nitrogen and oxygen atoms in total. The van der Waals surface area contributed by atoms with Crippen LogP contribution in [-0.4, -0.2) is 27.0 Å². The van der Waals surface area contributed by atoms with Gasteiger partial charge in [-0.05, 0) is 6.92 Å². The summed E-state index contributed by atoms with van der Waals surface area (Å²) in [7, 11) is 0. The highest BCUT2D eigenvalue weighted by molar-refractivity contribution is 7.09. The lowest BCUT2D eigenvalue weighted by atomic mass is 10.4. The molecule has 2 rings (SSSR count). The van der Waals surface area contributed by atoms with Gasteiger partial charge in [-0.15, -0.1) is 11.3 Å². The van der Waals surface area contributed by atoms with E-state index in [1.807, 2.05) is 17.7 Å². The molecule has 0 bridgehead atoms. The van der Waals surface area contributed by atoms with Gasteiger partial charge < -0.3 is 15.6 Å². The Kier molecular flexibility index (Phi) is 4.06. The van der Waals surface area contributed by atoms with E-state index in [1.54, 1.807) is 17.9 Å².